The van der Waals surface area contributed by atoms with Crippen molar-refractivity contribution in [2.75, 3.05) is 56.0 Å². The zero-order valence-electron chi connectivity index (χ0n) is 39.6. The van der Waals surface area contributed by atoms with E-state index in [0.717, 1.165) is 91.7 Å². The number of carbonyl (C=O) groups excluding carboxylic acids is 1. The van der Waals surface area contributed by atoms with Gasteiger partial charge >= 0.3 is 0 Å². The van der Waals surface area contributed by atoms with Gasteiger partial charge in [0.25, 0.3) is 30.4 Å². The first kappa shape index (κ1) is 54.1. The predicted molar refractivity (Wildman–Crippen MR) is 266 cm³/mol. The number of carbonyl (C=O) groups is 1. The van der Waals surface area contributed by atoms with Gasteiger partial charge in [0.2, 0.25) is 5.69 Å². The summed E-state index contributed by atoms with van der Waals surface area (Å²) in [7, 11) is -13.4. The fraction of sp³-hybridized carbons (Fsp3) is 0.600. The van der Waals surface area contributed by atoms with Gasteiger partial charge in [0.15, 0.2) is 5.71 Å². The monoisotopic (exact) mass is 1020 g/mol. The number of ketones is 1. The number of Topliss-reactive ketones (excluding diaryl/α,β-unsaturated/α-hetero) is 1. The van der Waals surface area contributed by atoms with Crippen LogP contribution in [0.15, 0.2) is 70.1 Å². The summed E-state index contributed by atoms with van der Waals surface area (Å²) >= 11 is 5.71. The highest BCUT2D eigenvalue weighted by Gasteiger charge is 2.52. The Kier molecular flexibility index (Phi) is 18.9. The standard InChI is InChI=1S/C50H69ClN2O12S3/c1-49(28-10-6-7-20-40(54)21-17-34-65-36-35-64-33-13-4-3-12-30-51)43(52-31-15-18-38-24-26-41(67(58,59)60)45(49)47(38)52)22-8-5-9-23-44-50(2,29-11-14-37-66(55,56)57)46-42(68(61,62)63)27-25-39-19-16-32-53(44)48(39)46/h5,8-9,22-27H,3-4,6-7,10-21,28-37H2,1-2H3,(H2-,55,56,57,58,59,60,61,62,63)/p+1. The fourth-order valence-electron chi connectivity index (χ4n) is 10.8. The summed E-state index contributed by atoms with van der Waals surface area (Å²) in [4.78, 5) is 14.6. The largest absolute Gasteiger partial charge is 0.379 e. The molecular weight excluding hydrogens is 952 g/mol. The zero-order chi connectivity index (χ0) is 49.2. The van der Waals surface area contributed by atoms with E-state index in [1.807, 2.05) is 44.2 Å². The Morgan fingerprint density at radius 1 is 0.706 bits per heavy atom. The van der Waals surface area contributed by atoms with Crippen LogP contribution >= 0.6 is 11.6 Å². The molecule has 0 radical (unpaired) electrons. The molecule has 0 fully saturated rings. The molecule has 2 atom stereocenters. The number of hydrogen-bond donors (Lipinski definition) is 3. The molecule has 4 aliphatic rings. The van der Waals surface area contributed by atoms with Crippen molar-refractivity contribution < 1.29 is 57.8 Å². The second kappa shape index (κ2) is 23.8. The number of benzene rings is 2. The topological polar surface area (TPSA) is 205 Å². The lowest BCUT2D eigenvalue weighted by atomic mass is 9.74. The Morgan fingerprint density at radius 2 is 1.32 bits per heavy atom. The van der Waals surface area contributed by atoms with Gasteiger partial charge in [-0.25, -0.2) is 0 Å². The number of hydrogen-bond acceptors (Lipinski definition) is 10. The third-order valence-electron chi connectivity index (χ3n) is 14.0. The molecule has 4 aliphatic heterocycles. The van der Waals surface area contributed by atoms with Gasteiger partial charge < -0.3 is 14.4 Å². The smallest absolute Gasteiger partial charge is 0.295 e. The zero-order valence-corrected chi connectivity index (χ0v) is 42.8. The van der Waals surface area contributed by atoms with Crippen molar-refractivity contribution >= 4 is 64.8 Å². The molecule has 0 saturated heterocycles. The van der Waals surface area contributed by atoms with Gasteiger partial charge in [0.05, 0.1) is 29.9 Å². The first-order chi connectivity index (χ1) is 32.3. The third-order valence-corrected chi connectivity index (χ3v) is 16.9. The Labute approximate surface area is 409 Å². The van der Waals surface area contributed by atoms with Crippen molar-refractivity contribution in [2.45, 2.75) is 150 Å². The van der Waals surface area contributed by atoms with E-state index < -0.39 is 46.9 Å². The molecule has 68 heavy (non-hydrogen) atoms. The van der Waals surface area contributed by atoms with E-state index >= 15 is 0 Å². The summed E-state index contributed by atoms with van der Waals surface area (Å²) in [5, 5.41) is 0. The third kappa shape index (κ3) is 13.2. The first-order valence-electron chi connectivity index (χ1n) is 24.3. The number of halogens is 1. The first-order valence-corrected chi connectivity index (χ1v) is 29.3. The lowest BCUT2D eigenvalue weighted by Gasteiger charge is -2.32. The molecule has 0 amide bonds. The molecule has 0 spiro atoms. The van der Waals surface area contributed by atoms with Crippen molar-refractivity contribution in [3.05, 3.63) is 82.6 Å². The van der Waals surface area contributed by atoms with Crippen LogP contribution in [0.1, 0.15) is 139 Å². The molecule has 6 rings (SSSR count). The van der Waals surface area contributed by atoms with Crippen LogP contribution < -0.4 is 4.90 Å². The molecule has 3 N–H and O–H groups in total. The molecule has 2 aromatic carbocycles. The number of unbranched alkanes of at least 4 members (excludes halogenated alkanes) is 6. The van der Waals surface area contributed by atoms with E-state index in [1.54, 1.807) is 12.1 Å². The van der Waals surface area contributed by atoms with Crippen molar-refractivity contribution in [1.82, 2.24) is 0 Å². The van der Waals surface area contributed by atoms with Gasteiger partial charge in [-0.3, -0.25) is 18.5 Å². The maximum atomic E-state index is 13.0. The van der Waals surface area contributed by atoms with Gasteiger partial charge in [-0.15, -0.1) is 11.6 Å². The fourth-order valence-corrected chi connectivity index (χ4v) is 13.2. The molecule has 0 aromatic heterocycles. The Morgan fingerprint density at radius 3 is 2.03 bits per heavy atom. The summed E-state index contributed by atoms with van der Waals surface area (Å²) in [6.45, 7) is 7.48. The van der Waals surface area contributed by atoms with E-state index in [2.05, 4.69) is 9.48 Å². The summed E-state index contributed by atoms with van der Waals surface area (Å²) < 4.78 is 119. The number of allylic oxidation sites excluding steroid dienone is 6. The van der Waals surface area contributed by atoms with Crippen molar-refractivity contribution in [3.63, 3.8) is 0 Å². The molecule has 2 aromatic rings. The Bertz CT molecular complexity index is 2610. The Balaban J connectivity index is 1.16. The number of anilines is 1. The van der Waals surface area contributed by atoms with Crippen LogP contribution in [0, 0.1) is 0 Å². The van der Waals surface area contributed by atoms with E-state index in [9.17, 15) is 43.7 Å². The summed E-state index contributed by atoms with van der Waals surface area (Å²) in [5.41, 5.74) is 4.62. The molecule has 4 heterocycles. The number of ether oxygens (including phenoxy) is 2. The second-order valence-corrected chi connectivity index (χ2v) is 23.7. The average molecular weight is 1020 g/mol. The molecule has 2 unspecified atom stereocenters. The quantitative estimate of drug-likeness (QED) is 0.0229. The average Bonchev–Trinajstić information content (AvgIpc) is 3.67. The lowest BCUT2D eigenvalue weighted by molar-refractivity contribution is -0.443. The van der Waals surface area contributed by atoms with Gasteiger partial charge in [-0.05, 0) is 102 Å². The lowest BCUT2D eigenvalue weighted by Crippen LogP contribution is -2.32. The normalized spacial score (nSPS) is 20.9. The molecule has 0 saturated carbocycles. The van der Waals surface area contributed by atoms with Crippen LogP contribution in [0.25, 0.3) is 0 Å². The minimum Gasteiger partial charge on any atom is -0.379 e. The van der Waals surface area contributed by atoms with Crippen LogP contribution in [0.2, 0.25) is 0 Å². The number of aryl methyl sites for hydroxylation is 2. The number of alkyl halides is 1. The van der Waals surface area contributed by atoms with Gasteiger partial charge in [-0.2, -0.15) is 29.8 Å². The molecule has 14 nitrogen and oxygen atoms in total. The SMILES string of the molecule is CC1(CCCCCC(=O)CCCOCCOCCCCCCCl)C(/C=C/C=C/C=C2/N3CCCc4ccc(S(=O)(=O)O)c(c43)C2(C)CCCCS(=O)(=O)O)=[N+]2CCCc3ccc(S(=O)(=O)O)c1c32. The van der Waals surface area contributed by atoms with Crippen molar-refractivity contribution in [3.8, 4) is 0 Å². The van der Waals surface area contributed by atoms with Crippen molar-refractivity contribution in [1.29, 1.82) is 0 Å². The molecule has 0 bridgehead atoms. The van der Waals surface area contributed by atoms with Gasteiger partial charge in [0.1, 0.15) is 22.1 Å². The Hall–Kier alpha value is -3.26. The summed E-state index contributed by atoms with van der Waals surface area (Å²) in [6.07, 6.45) is 22.2. The van der Waals surface area contributed by atoms with Crippen molar-refractivity contribution in [2.24, 2.45) is 0 Å². The molecule has 376 valence electrons. The molecule has 0 aliphatic carbocycles. The van der Waals surface area contributed by atoms with E-state index in [-0.39, 0.29) is 22.0 Å². The maximum Gasteiger partial charge on any atom is 0.295 e. The maximum absolute atomic E-state index is 13.0. The highest BCUT2D eigenvalue weighted by atomic mass is 35.5. The van der Waals surface area contributed by atoms with Crippen LogP contribution in [0.4, 0.5) is 11.4 Å². The predicted octanol–water partition coefficient (Wildman–Crippen LogP) is 9.39. The van der Waals surface area contributed by atoms with E-state index in [0.29, 0.717) is 108 Å². The molecule has 18 heteroatoms. The van der Waals surface area contributed by atoms with E-state index in [1.165, 1.54) is 12.1 Å². The van der Waals surface area contributed by atoms with Gasteiger partial charge in [-0.1, -0.05) is 62.5 Å². The molecular formula is C50H70ClN2O12S3+. The number of rotatable bonds is 29. The van der Waals surface area contributed by atoms with Crippen LogP contribution in [-0.2, 0) is 68.3 Å². The van der Waals surface area contributed by atoms with Crippen LogP contribution in [0.5, 0.6) is 0 Å². The van der Waals surface area contributed by atoms with Crippen LogP contribution in [-0.4, -0.2) is 106 Å². The van der Waals surface area contributed by atoms with E-state index in [4.69, 9.17) is 21.1 Å². The van der Waals surface area contributed by atoms with Gasteiger partial charge in [0, 0.05) is 78.9 Å². The minimum absolute atomic E-state index is 0.0989. The highest BCUT2D eigenvalue weighted by Crippen LogP contribution is 2.56. The minimum atomic E-state index is -4.62. The van der Waals surface area contributed by atoms with Crippen LogP contribution in [0.3, 0.4) is 0 Å². The second-order valence-electron chi connectivity index (χ2n) is 19.0. The summed E-state index contributed by atoms with van der Waals surface area (Å²) in [5.74, 6) is 0.455. The number of nitrogens with zero attached hydrogens (tertiary/aromatic N) is 2. The summed E-state index contributed by atoms with van der Waals surface area (Å²) in [6, 6.07) is 6.50. The highest BCUT2D eigenvalue weighted by molar-refractivity contribution is 7.86.